The summed E-state index contributed by atoms with van der Waals surface area (Å²) in [5.41, 5.74) is 0. The summed E-state index contributed by atoms with van der Waals surface area (Å²) in [6.45, 7) is 3.74. The number of carbonyl (C=O) groups is 1. The molecule has 0 aliphatic heterocycles. The summed E-state index contributed by atoms with van der Waals surface area (Å²) in [6.07, 6.45) is 1.72. The number of rotatable bonds is 4. The Hall–Kier alpha value is -0.240. The number of aliphatic carboxylic acids is 1. The highest BCUT2D eigenvalue weighted by atomic mass is 35.5. The molecule has 0 amide bonds. The molecule has 0 spiro atoms. The summed E-state index contributed by atoms with van der Waals surface area (Å²) in [5, 5.41) is 8.39. The van der Waals surface area contributed by atoms with Gasteiger partial charge in [0.05, 0.1) is 11.3 Å². The van der Waals surface area contributed by atoms with E-state index in [9.17, 15) is 4.79 Å². The van der Waals surface area contributed by atoms with Gasteiger partial charge in [-0.2, -0.15) is 0 Å². The van der Waals surface area contributed by atoms with Crippen LogP contribution >= 0.6 is 11.6 Å². The molecule has 0 bridgehead atoms. The minimum Gasteiger partial charge on any atom is -0.481 e. The molecule has 0 radical (unpaired) electrons. The van der Waals surface area contributed by atoms with E-state index in [1.165, 1.54) is 0 Å². The Labute approximate surface area is 66.2 Å². The lowest BCUT2D eigenvalue weighted by atomic mass is 10.0. The van der Waals surface area contributed by atoms with Gasteiger partial charge >= 0.3 is 5.97 Å². The summed E-state index contributed by atoms with van der Waals surface area (Å²) in [6, 6.07) is 0. The molecule has 0 saturated heterocycles. The van der Waals surface area contributed by atoms with Crippen LogP contribution in [0.1, 0.15) is 33.1 Å². The zero-order valence-electron chi connectivity index (χ0n) is 6.35. The van der Waals surface area contributed by atoms with Crippen molar-refractivity contribution < 1.29 is 9.90 Å². The van der Waals surface area contributed by atoms with E-state index < -0.39 is 10.8 Å². The maximum atomic E-state index is 10.2. The molecule has 0 fully saturated rings. The van der Waals surface area contributed by atoms with Crippen LogP contribution in [0.25, 0.3) is 0 Å². The zero-order chi connectivity index (χ0) is 8.20. The molecule has 2 nitrogen and oxygen atoms in total. The van der Waals surface area contributed by atoms with Crippen LogP contribution in [0.5, 0.6) is 0 Å². The first kappa shape index (κ1) is 9.76. The normalized spacial score (nSPS) is 16.3. The summed E-state index contributed by atoms with van der Waals surface area (Å²) >= 11 is 5.85. The van der Waals surface area contributed by atoms with E-state index in [0.29, 0.717) is 0 Å². The van der Waals surface area contributed by atoms with Crippen LogP contribution in [0.15, 0.2) is 0 Å². The molecular weight excluding hydrogens is 152 g/mol. The summed E-state index contributed by atoms with van der Waals surface area (Å²) in [4.78, 5) is 9.65. The van der Waals surface area contributed by atoms with Gasteiger partial charge in [-0.05, 0) is 13.3 Å². The molecular formula is C7H13ClO2. The lowest BCUT2D eigenvalue weighted by molar-refractivity contribution is -0.137. The Morgan fingerprint density at radius 2 is 2.20 bits per heavy atom. The van der Waals surface area contributed by atoms with Gasteiger partial charge in [0, 0.05) is 0 Å². The molecule has 3 heteroatoms. The maximum Gasteiger partial charge on any atom is 0.305 e. The molecule has 0 aliphatic rings. The van der Waals surface area contributed by atoms with E-state index in [1.807, 2.05) is 6.92 Å². The monoisotopic (exact) mass is 164 g/mol. The van der Waals surface area contributed by atoms with Crippen LogP contribution in [0.4, 0.5) is 0 Å². The van der Waals surface area contributed by atoms with E-state index >= 15 is 0 Å². The number of carboxylic acids is 1. The summed E-state index contributed by atoms with van der Waals surface area (Å²) in [5.74, 6) is -0.828. The standard InChI is InChI=1S/C7H13ClO2/c1-3-4-7(2,8)5-6(9)10/h3-5H2,1-2H3,(H,9,10). The molecule has 0 heterocycles. The predicted molar refractivity (Wildman–Crippen MR) is 41.4 cm³/mol. The van der Waals surface area contributed by atoms with Crippen LogP contribution in [-0.2, 0) is 4.79 Å². The quantitative estimate of drug-likeness (QED) is 0.648. The zero-order valence-corrected chi connectivity index (χ0v) is 7.11. The highest BCUT2D eigenvalue weighted by Crippen LogP contribution is 2.24. The summed E-state index contributed by atoms with van der Waals surface area (Å²) in [7, 11) is 0. The van der Waals surface area contributed by atoms with Crippen LogP contribution < -0.4 is 0 Å². The molecule has 0 aromatic carbocycles. The van der Waals surface area contributed by atoms with Crippen molar-refractivity contribution in [2.45, 2.75) is 38.0 Å². The lowest BCUT2D eigenvalue weighted by Gasteiger charge is -2.17. The van der Waals surface area contributed by atoms with E-state index in [-0.39, 0.29) is 6.42 Å². The Kier molecular flexibility index (Phi) is 3.72. The molecule has 10 heavy (non-hydrogen) atoms. The van der Waals surface area contributed by atoms with Crippen LogP contribution in [0.3, 0.4) is 0 Å². The number of hydrogen-bond donors (Lipinski definition) is 1. The second kappa shape index (κ2) is 3.81. The molecule has 0 rings (SSSR count). The smallest absolute Gasteiger partial charge is 0.305 e. The van der Waals surface area contributed by atoms with Gasteiger partial charge in [0.25, 0.3) is 0 Å². The average molecular weight is 165 g/mol. The van der Waals surface area contributed by atoms with Gasteiger partial charge in [-0.25, -0.2) is 0 Å². The third-order valence-corrected chi connectivity index (χ3v) is 1.61. The van der Waals surface area contributed by atoms with Crippen molar-refractivity contribution in [1.29, 1.82) is 0 Å². The van der Waals surface area contributed by atoms with Gasteiger partial charge in [0.15, 0.2) is 0 Å². The van der Waals surface area contributed by atoms with E-state index in [2.05, 4.69) is 0 Å². The van der Waals surface area contributed by atoms with Crippen molar-refractivity contribution in [2.75, 3.05) is 0 Å². The highest BCUT2D eigenvalue weighted by molar-refractivity contribution is 6.24. The number of carboxylic acid groups (broad SMARTS) is 1. The topological polar surface area (TPSA) is 37.3 Å². The second-order valence-corrected chi connectivity index (χ2v) is 3.65. The Balaban J connectivity index is 3.74. The SMILES string of the molecule is CCCC(C)(Cl)CC(=O)O. The van der Waals surface area contributed by atoms with Crippen LogP contribution in [-0.4, -0.2) is 16.0 Å². The first-order chi connectivity index (χ1) is 4.48. The Morgan fingerprint density at radius 1 is 1.70 bits per heavy atom. The first-order valence-electron chi connectivity index (χ1n) is 3.38. The van der Waals surface area contributed by atoms with E-state index in [1.54, 1.807) is 6.92 Å². The molecule has 1 atom stereocenters. The number of halogens is 1. The second-order valence-electron chi connectivity index (χ2n) is 2.73. The van der Waals surface area contributed by atoms with Gasteiger partial charge in [-0.1, -0.05) is 13.3 Å². The molecule has 1 unspecified atom stereocenters. The van der Waals surface area contributed by atoms with Gasteiger partial charge in [0.2, 0.25) is 0 Å². The molecule has 0 aliphatic carbocycles. The fourth-order valence-electron chi connectivity index (χ4n) is 0.925. The van der Waals surface area contributed by atoms with Crippen molar-refractivity contribution >= 4 is 17.6 Å². The Bertz CT molecular complexity index is 121. The van der Waals surface area contributed by atoms with Crippen LogP contribution in [0.2, 0.25) is 0 Å². The fraction of sp³-hybridized carbons (Fsp3) is 0.857. The molecule has 0 aromatic heterocycles. The van der Waals surface area contributed by atoms with Crippen molar-refractivity contribution in [2.24, 2.45) is 0 Å². The van der Waals surface area contributed by atoms with Gasteiger partial charge < -0.3 is 5.11 Å². The first-order valence-corrected chi connectivity index (χ1v) is 3.76. The molecule has 1 N–H and O–H groups in total. The van der Waals surface area contributed by atoms with E-state index in [4.69, 9.17) is 16.7 Å². The fourth-order valence-corrected chi connectivity index (χ4v) is 1.23. The maximum absolute atomic E-state index is 10.2. The van der Waals surface area contributed by atoms with Gasteiger partial charge in [-0.15, -0.1) is 11.6 Å². The largest absolute Gasteiger partial charge is 0.481 e. The minimum absolute atomic E-state index is 0.0440. The van der Waals surface area contributed by atoms with Crippen molar-refractivity contribution in [3.63, 3.8) is 0 Å². The van der Waals surface area contributed by atoms with Gasteiger partial charge in [0.1, 0.15) is 0 Å². The van der Waals surface area contributed by atoms with Crippen molar-refractivity contribution in [1.82, 2.24) is 0 Å². The highest BCUT2D eigenvalue weighted by Gasteiger charge is 2.22. The predicted octanol–water partition coefficient (Wildman–Crippen LogP) is 2.26. The molecule has 60 valence electrons. The van der Waals surface area contributed by atoms with E-state index in [0.717, 1.165) is 12.8 Å². The lowest BCUT2D eigenvalue weighted by Crippen LogP contribution is -2.20. The average Bonchev–Trinajstić information content (AvgIpc) is 1.59. The molecule has 0 aromatic rings. The van der Waals surface area contributed by atoms with Crippen molar-refractivity contribution in [3.05, 3.63) is 0 Å². The van der Waals surface area contributed by atoms with Crippen molar-refractivity contribution in [3.8, 4) is 0 Å². The number of hydrogen-bond acceptors (Lipinski definition) is 1. The summed E-state index contributed by atoms with van der Waals surface area (Å²) < 4.78 is 0. The van der Waals surface area contributed by atoms with Gasteiger partial charge in [-0.3, -0.25) is 4.79 Å². The minimum atomic E-state index is -0.828. The third-order valence-electron chi connectivity index (χ3n) is 1.29. The third kappa shape index (κ3) is 4.62. The number of alkyl halides is 1. The van der Waals surface area contributed by atoms with Crippen LogP contribution in [0, 0.1) is 0 Å². The molecule has 0 saturated carbocycles. The Morgan fingerprint density at radius 3 is 2.50 bits per heavy atom.